The molecule has 0 saturated heterocycles. The molecule has 1 atom stereocenters. The molecular weight excluding hydrogens is 312 g/mol. The lowest BCUT2D eigenvalue weighted by Crippen LogP contribution is -2.51. The second-order valence-electron chi connectivity index (χ2n) is 8.08. The highest BCUT2D eigenvalue weighted by molar-refractivity contribution is 6.78. The lowest BCUT2D eigenvalue weighted by atomic mass is 9.89. The van der Waals surface area contributed by atoms with Gasteiger partial charge in [0, 0.05) is 12.2 Å². The Bertz CT molecular complexity index is 515. The van der Waals surface area contributed by atoms with Crippen molar-refractivity contribution in [3.8, 4) is 5.75 Å². The van der Waals surface area contributed by atoms with E-state index in [1.807, 2.05) is 0 Å². The predicted octanol–water partition coefficient (Wildman–Crippen LogP) is 6.65. The van der Waals surface area contributed by atoms with Crippen molar-refractivity contribution in [1.82, 2.24) is 0 Å². The third-order valence-corrected chi connectivity index (χ3v) is 11.7. The number of hydrogen-bond donors (Lipinski definition) is 0. The zero-order valence-corrected chi connectivity index (χ0v) is 17.7. The molecule has 1 aromatic rings. The van der Waals surface area contributed by atoms with Crippen LogP contribution < -0.4 is 4.43 Å². The fourth-order valence-corrected chi connectivity index (χ4v) is 10.1. The van der Waals surface area contributed by atoms with Crippen LogP contribution in [0, 0.1) is 0 Å². The van der Waals surface area contributed by atoms with E-state index in [2.05, 4.69) is 66.7 Å². The van der Waals surface area contributed by atoms with Crippen molar-refractivity contribution in [2.75, 3.05) is 6.61 Å². The maximum atomic E-state index is 7.02. The van der Waals surface area contributed by atoms with E-state index >= 15 is 0 Å². The molecule has 0 bridgehead atoms. The Labute approximate surface area is 150 Å². The lowest BCUT2D eigenvalue weighted by molar-refractivity contribution is 0.0487. The van der Waals surface area contributed by atoms with Gasteiger partial charge in [-0.15, -0.1) is 0 Å². The van der Waals surface area contributed by atoms with Gasteiger partial charge in [0.15, 0.2) is 0 Å². The van der Waals surface area contributed by atoms with Crippen LogP contribution in [0.3, 0.4) is 0 Å². The zero-order chi connectivity index (χ0) is 17.9. The van der Waals surface area contributed by atoms with E-state index in [-0.39, 0.29) is 6.10 Å². The fourth-order valence-electron chi connectivity index (χ4n) is 4.80. The average molecular weight is 349 g/mol. The highest BCUT2D eigenvalue weighted by Gasteiger charge is 2.47. The Morgan fingerprint density at radius 2 is 1.67 bits per heavy atom. The SMILES string of the molecule is CCOC1CCCc2cccc(O[Si](C(C)C)(C(C)C)C(C)C)c21. The summed E-state index contributed by atoms with van der Waals surface area (Å²) in [4.78, 5) is 0. The van der Waals surface area contributed by atoms with Gasteiger partial charge in [-0.2, -0.15) is 0 Å². The zero-order valence-electron chi connectivity index (χ0n) is 16.7. The van der Waals surface area contributed by atoms with Crippen LogP contribution in [-0.4, -0.2) is 14.9 Å². The minimum absolute atomic E-state index is 0.202. The van der Waals surface area contributed by atoms with Crippen molar-refractivity contribution in [2.45, 2.75) is 90.5 Å². The fraction of sp³-hybridized carbons (Fsp3) is 0.714. The average Bonchev–Trinajstić information content (AvgIpc) is 2.52. The highest BCUT2D eigenvalue weighted by atomic mass is 28.4. The van der Waals surface area contributed by atoms with Crippen molar-refractivity contribution in [3.05, 3.63) is 29.3 Å². The van der Waals surface area contributed by atoms with Crippen LogP contribution in [0.25, 0.3) is 0 Å². The smallest absolute Gasteiger partial charge is 0.258 e. The van der Waals surface area contributed by atoms with E-state index in [0.29, 0.717) is 16.6 Å². The van der Waals surface area contributed by atoms with Crippen LogP contribution >= 0.6 is 0 Å². The summed E-state index contributed by atoms with van der Waals surface area (Å²) in [6, 6.07) is 6.62. The van der Waals surface area contributed by atoms with Gasteiger partial charge < -0.3 is 9.16 Å². The molecular formula is C21H36O2Si. The molecule has 0 fully saturated rings. The van der Waals surface area contributed by atoms with Gasteiger partial charge >= 0.3 is 0 Å². The minimum Gasteiger partial charge on any atom is -0.542 e. The molecule has 1 aliphatic rings. The topological polar surface area (TPSA) is 18.5 Å². The molecule has 0 aromatic heterocycles. The van der Waals surface area contributed by atoms with Crippen LogP contribution in [-0.2, 0) is 11.2 Å². The molecule has 1 unspecified atom stereocenters. The van der Waals surface area contributed by atoms with Crippen molar-refractivity contribution in [1.29, 1.82) is 0 Å². The van der Waals surface area contributed by atoms with E-state index < -0.39 is 8.32 Å². The standard InChI is InChI=1S/C21H36O2Si/c1-8-22-19-13-9-11-18-12-10-14-20(21(18)19)23-24(15(2)3,16(4)5)17(6)7/h10,12,14-17,19H,8-9,11,13H2,1-7H3. The third kappa shape index (κ3) is 3.57. The first-order valence-corrected chi connectivity index (χ1v) is 11.9. The van der Waals surface area contributed by atoms with E-state index in [1.165, 1.54) is 17.5 Å². The number of fused-ring (bicyclic) bond motifs is 1. The molecule has 2 rings (SSSR count). The minimum atomic E-state index is -1.94. The molecule has 2 nitrogen and oxygen atoms in total. The lowest BCUT2D eigenvalue weighted by Gasteiger charge is -2.43. The summed E-state index contributed by atoms with van der Waals surface area (Å²) in [5.74, 6) is 1.11. The number of rotatable bonds is 7. The molecule has 24 heavy (non-hydrogen) atoms. The van der Waals surface area contributed by atoms with Gasteiger partial charge in [-0.25, -0.2) is 0 Å². The van der Waals surface area contributed by atoms with E-state index in [1.54, 1.807) is 0 Å². The van der Waals surface area contributed by atoms with Gasteiger partial charge in [-0.1, -0.05) is 53.7 Å². The Balaban J connectivity index is 2.48. The van der Waals surface area contributed by atoms with Gasteiger partial charge in [-0.3, -0.25) is 0 Å². The van der Waals surface area contributed by atoms with E-state index in [4.69, 9.17) is 9.16 Å². The van der Waals surface area contributed by atoms with Gasteiger partial charge in [0.25, 0.3) is 8.32 Å². The summed E-state index contributed by atoms with van der Waals surface area (Å²) in [7, 11) is -1.94. The molecule has 0 amide bonds. The first-order chi connectivity index (χ1) is 11.3. The van der Waals surface area contributed by atoms with Crippen LogP contribution in [0.1, 0.15) is 78.5 Å². The quantitative estimate of drug-likeness (QED) is 0.513. The monoisotopic (exact) mass is 348 g/mol. The summed E-state index contributed by atoms with van der Waals surface area (Å²) in [6.45, 7) is 16.9. The van der Waals surface area contributed by atoms with Crippen molar-refractivity contribution in [2.24, 2.45) is 0 Å². The van der Waals surface area contributed by atoms with Crippen molar-refractivity contribution in [3.63, 3.8) is 0 Å². The maximum Gasteiger partial charge on any atom is 0.258 e. The Morgan fingerprint density at radius 1 is 1.04 bits per heavy atom. The summed E-state index contributed by atoms with van der Waals surface area (Å²) in [5, 5.41) is 0. The molecule has 0 radical (unpaired) electrons. The van der Waals surface area contributed by atoms with Crippen molar-refractivity contribution < 1.29 is 9.16 Å². The molecule has 1 aromatic carbocycles. The molecule has 0 aliphatic heterocycles. The number of ether oxygens (including phenoxy) is 1. The third-order valence-electron chi connectivity index (χ3n) is 5.75. The first-order valence-electron chi connectivity index (χ1n) is 9.76. The van der Waals surface area contributed by atoms with Crippen LogP contribution in [0.4, 0.5) is 0 Å². The molecule has 0 saturated carbocycles. The van der Waals surface area contributed by atoms with Crippen LogP contribution in [0.2, 0.25) is 16.6 Å². The van der Waals surface area contributed by atoms with Gasteiger partial charge in [0.05, 0.1) is 6.10 Å². The largest absolute Gasteiger partial charge is 0.542 e. The summed E-state index contributed by atoms with van der Waals surface area (Å²) < 4.78 is 13.1. The second-order valence-corrected chi connectivity index (χ2v) is 13.5. The summed E-state index contributed by atoms with van der Waals surface area (Å²) >= 11 is 0. The Hall–Kier alpha value is -0.803. The summed E-state index contributed by atoms with van der Waals surface area (Å²) in [5.41, 5.74) is 4.52. The Morgan fingerprint density at radius 3 is 2.21 bits per heavy atom. The number of hydrogen-bond acceptors (Lipinski definition) is 2. The summed E-state index contributed by atoms with van der Waals surface area (Å²) in [6.07, 6.45) is 3.67. The van der Waals surface area contributed by atoms with Crippen LogP contribution in [0.5, 0.6) is 5.75 Å². The molecule has 0 spiro atoms. The van der Waals surface area contributed by atoms with Gasteiger partial charge in [0.2, 0.25) is 0 Å². The number of aryl methyl sites for hydroxylation is 1. The molecule has 3 heteroatoms. The first kappa shape index (κ1) is 19.5. The van der Waals surface area contributed by atoms with Crippen molar-refractivity contribution >= 4 is 8.32 Å². The molecule has 0 heterocycles. The molecule has 1 aliphatic carbocycles. The molecule has 0 N–H and O–H groups in total. The van der Waals surface area contributed by atoms with E-state index in [0.717, 1.165) is 25.2 Å². The Kier molecular flexibility index (Phi) is 6.55. The maximum absolute atomic E-state index is 7.02. The van der Waals surface area contributed by atoms with E-state index in [9.17, 15) is 0 Å². The molecule has 136 valence electrons. The second kappa shape index (κ2) is 8.05. The number of benzene rings is 1. The van der Waals surface area contributed by atoms with Gasteiger partial charge in [0.1, 0.15) is 5.75 Å². The normalized spacial score (nSPS) is 18.3. The van der Waals surface area contributed by atoms with Gasteiger partial charge in [-0.05, 0) is 54.4 Å². The highest BCUT2D eigenvalue weighted by Crippen LogP contribution is 2.46. The predicted molar refractivity (Wildman–Crippen MR) is 105 cm³/mol. The van der Waals surface area contributed by atoms with Crippen LogP contribution in [0.15, 0.2) is 18.2 Å².